The molecule has 0 spiro atoms. The van der Waals surface area contributed by atoms with Crippen molar-refractivity contribution < 1.29 is 24.2 Å². The molecule has 14 nitrogen and oxygen atoms in total. The van der Waals surface area contributed by atoms with Crippen LogP contribution in [0.2, 0.25) is 5.02 Å². The maximum atomic E-state index is 12.9. The van der Waals surface area contributed by atoms with Gasteiger partial charge >= 0.3 is 5.97 Å². The van der Waals surface area contributed by atoms with E-state index in [4.69, 9.17) is 26.4 Å². The number of amides is 2. The van der Waals surface area contributed by atoms with E-state index in [-0.39, 0.29) is 18.2 Å². The SMILES string of the molecule is Cc1nc(Nc2ncc(C(=O)Nc3c(C)cccc3Cl)s2)cc(N2CCN(CCOc3cccc4ccc(-c5nc(CC(=O)NCC(=O)O)cs5)cc34)CC2)n1. The van der Waals surface area contributed by atoms with Crippen molar-refractivity contribution in [3.05, 3.63) is 99.2 Å². The van der Waals surface area contributed by atoms with E-state index in [0.29, 0.717) is 44.7 Å². The molecule has 56 heavy (non-hydrogen) atoms. The number of nitrogens with one attached hydrogen (secondary N) is 3. The minimum absolute atomic E-state index is 0.0140. The van der Waals surface area contributed by atoms with E-state index >= 15 is 0 Å². The lowest BCUT2D eigenvalue weighted by Gasteiger charge is -2.35. The summed E-state index contributed by atoms with van der Waals surface area (Å²) in [4.78, 5) is 59.1. The lowest BCUT2D eigenvalue weighted by atomic mass is 10.1. The second-order valence-electron chi connectivity index (χ2n) is 13.1. The van der Waals surface area contributed by atoms with E-state index in [1.54, 1.807) is 6.07 Å². The summed E-state index contributed by atoms with van der Waals surface area (Å²) in [5, 5.41) is 22.9. The summed E-state index contributed by atoms with van der Waals surface area (Å²) < 4.78 is 6.34. The molecule has 0 bridgehead atoms. The maximum absolute atomic E-state index is 12.9. The van der Waals surface area contributed by atoms with E-state index in [2.05, 4.69) is 46.8 Å². The van der Waals surface area contributed by atoms with Crippen molar-refractivity contribution in [1.82, 2.24) is 30.2 Å². The van der Waals surface area contributed by atoms with E-state index in [9.17, 15) is 14.4 Å². The van der Waals surface area contributed by atoms with Crippen molar-refractivity contribution >= 4 is 85.3 Å². The second kappa shape index (κ2) is 17.4. The number of rotatable bonds is 14. The predicted molar refractivity (Wildman–Crippen MR) is 220 cm³/mol. The van der Waals surface area contributed by atoms with Crippen LogP contribution >= 0.6 is 34.3 Å². The minimum atomic E-state index is -1.09. The standard InChI is InChI=1S/C39H38ClN9O5S2/c1-23-5-3-7-29(40)36(23)47-37(53)31-20-42-39(56-31)46-32-19-33(44-24(2)43-32)49-13-11-48(12-14-49)15-16-54-30-8-4-6-25-9-10-26(17-28(25)30)38-45-27(22-55-38)18-34(50)41-21-35(51)52/h3-10,17,19-20,22H,11-16,18,21H2,1-2H3,(H,41,50)(H,47,53)(H,51,52)(H,42,43,44,46). The normalized spacial score (nSPS) is 13.1. The number of aryl methyl sites for hydroxylation is 2. The molecule has 4 heterocycles. The van der Waals surface area contributed by atoms with Gasteiger partial charge in [0.15, 0.2) is 5.13 Å². The summed E-state index contributed by atoms with van der Waals surface area (Å²) in [7, 11) is 0. The third kappa shape index (κ3) is 9.57. The zero-order valence-corrected chi connectivity index (χ0v) is 32.9. The molecule has 2 amide bonds. The Labute approximate surface area is 335 Å². The molecule has 3 aromatic carbocycles. The molecule has 0 unspecified atom stereocenters. The van der Waals surface area contributed by atoms with E-state index in [0.717, 1.165) is 71.2 Å². The van der Waals surface area contributed by atoms with Gasteiger partial charge in [-0.05, 0) is 43.0 Å². The Morgan fingerprint density at radius 3 is 2.61 bits per heavy atom. The molecule has 1 aliphatic heterocycles. The number of ether oxygens (including phenoxy) is 1. The highest BCUT2D eigenvalue weighted by molar-refractivity contribution is 7.17. The molecule has 0 aliphatic carbocycles. The summed E-state index contributed by atoms with van der Waals surface area (Å²) in [6.07, 6.45) is 1.54. The Kier molecular flexibility index (Phi) is 12.0. The first-order valence-electron chi connectivity index (χ1n) is 17.8. The van der Waals surface area contributed by atoms with E-state index in [1.807, 2.05) is 67.8 Å². The molecule has 6 aromatic rings. The Hall–Kier alpha value is -5.68. The van der Waals surface area contributed by atoms with Gasteiger partial charge in [-0.15, -0.1) is 11.3 Å². The predicted octanol–water partition coefficient (Wildman–Crippen LogP) is 6.42. The average Bonchev–Trinajstić information content (AvgIpc) is 3.85. The molecule has 1 fully saturated rings. The van der Waals surface area contributed by atoms with Crippen LogP contribution in [0.5, 0.6) is 5.75 Å². The van der Waals surface area contributed by atoms with Gasteiger partial charge < -0.3 is 30.7 Å². The fraction of sp³-hybridized carbons (Fsp3) is 0.256. The van der Waals surface area contributed by atoms with Crippen molar-refractivity contribution in [1.29, 1.82) is 0 Å². The Morgan fingerprint density at radius 2 is 1.80 bits per heavy atom. The maximum Gasteiger partial charge on any atom is 0.322 e. The largest absolute Gasteiger partial charge is 0.492 e. The number of carbonyl (C=O) groups excluding carboxylic acids is 2. The molecule has 17 heteroatoms. The fourth-order valence-electron chi connectivity index (χ4n) is 6.20. The lowest BCUT2D eigenvalue weighted by Crippen LogP contribution is -2.47. The van der Waals surface area contributed by atoms with Gasteiger partial charge in [0.05, 0.1) is 29.0 Å². The van der Waals surface area contributed by atoms with Gasteiger partial charge in [0.1, 0.15) is 46.2 Å². The molecule has 1 saturated heterocycles. The Morgan fingerprint density at radius 1 is 0.982 bits per heavy atom. The lowest BCUT2D eigenvalue weighted by molar-refractivity contribution is -0.137. The molecule has 7 rings (SSSR count). The minimum Gasteiger partial charge on any atom is -0.492 e. The molecule has 288 valence electrons. The van der Waals surface area contributed by atoms with Gasteiger partial charge in [0.2, 0.25) is 5.91 Å². The van der Waals surface area contributed by atoms with Gasteiger partial charge in [-0.3, -0.25) is 19.3 Å². The van der Waals surface area contributed by atoms with Crippen LogP contribution in [0.4, 0.5) is 22.5 Å². The van der Waals surface area contributed by atoms with Gasteiger partial charge in [-0.25, -0.2) is 19.9 Å². The van der Waals surface area contributed by atoms with E-state index < -0.39 is 12.5 Å². The number of para-hydroxylation sites is 1. The van der Waals surface area contributed by atoms with Crippen LogP contribution in [0.3, 0.4) is 0 Å². The smallest absolute Gasteiger partial charge is 0.322 e. The first-order chi connectivity index (χ1) is 27.1. The number of fused-ring (bicyclic) bond motifs is 1. The van der Waals surface area contributed by atoms with Crippen LogP contribution in [0, 0.1) is 13.8 Å². The van der Waals surface area contributed by atoms with Crippen molar-refractivity contribution in [2.45, 2.75) is 20.3 Å². The summed E-state index contributed by atoms with van der Waals surface area (Å²) >= 11 is 8.96. The highest BCUT2D eigenvalue weighted by atomic mass is 35.5. The van der Waals surface area contributed by atoms with Crippen molar-refractivity contribution in [2.75, 3.05) is 61.4 Å². The van der Waals surface area contributed by atoms with Gasteiger partial charge in [-0.2, -0.15) is 0 Å². The number of benzene rings is 3. The molecular formula is C39H38ClN9O5S2. The van der Waals surface area contributed by atoms with Gasteiger partial charge in [0.25, 0.3) is 5.91 Å². The van der Waals surface area contributed by atoms with Crippen molar-refractivity contribution in [3.63, 3.8) is 0 Å². The number of aromatic nitrogens is 4. The summed E-state index contributed by atoms with van der Waals surface area (Å²) in [6, 6.07) is 19.4. The number of piperazine rings is 1. The first kappa shape index (κ1) is 38.6. The third-order valence-corrected chi connectivity index (χ3v) is 11.2. The second-order valence-corrected chi connectivity index (χ2v) is 15.4. The average molecular weight is 812 g/mol. The molecule has 0 radical (unpaired) electrons. The van der Waals surface area contributed by atoms with Crippen LogP contribution < -0.4 is 25.6 Å². The number of nitrogens with zero attached hydrogens (tertiary/aromatic N) is 6. The zero-order chi connectivity index (χ0) is 39.2. The number of carbonyl (C=O) groups is 3. The fourth-order valence-corrected chi connectivity index (χ4v) is 8.00. The van der Waals surface area contributed by atoms with Crippen LogP contribution in [-0.2, 0) is 16.0 Å². The number of carboxylic acids is 1. The van der Waals surface area contributed by atoms with Crippen molar-refractivity contribution in [3.8, 4) is 16.3 Å². The highest BCUT2D eigenvalue weighted by Gasteiger charge is 2.20. The van der Waals surface area contributed by atoms with Crippen LogP contribution in [0.1, 0.15) is 26.8 Å². The monoisotopic (exact) mass is 811 g/mol. The zero-order valence-electron chi connectivity index (χ0n) is 30.5. The molecule has 0 saturated carbocycles. The Balaban J connectivity index is 0.913. The summed E-state index contributed by atoms with van der Waals surface area (Å²) in [5.41, 5.74) is 2.95. The molecule has 1 aliphatic rings. The number of halogens is 1. The molecule has 0 atom stereocenters. The number of aliphatic carboxylic acids is 1. The van der Waals surface area contributed by atoms with Crippen LogP contribution in [0.15, 0.2) is 72.2 Å². The van der Waals surface area contributed by atoms with Gasteiger partial charge in [0, 0.05) is 55.1 Å². The Bertz CT molecular complexity index is 2380. The number of hydrogen-bond acceptors (Lipinski definition) is 13. The summed E-state index contributed by atoms with van der Waals surface area (Å²) in [6.45, 7) is 7.84. The number of carboxylic acid groups (broad SMARTS) is 1. The number of hydrogen-bond donors (Lipinski definition) is 4. The van der Waals surface area contributed by atoms with Crippen molar-refractivity contribution in [2.24, 2.45) is 0 Å². The van der Waals surface area contributed by atoms with Crippen LogP contribution in [-0.4, -0.2) is 93.6 Å². The quantitative estimate of drug-likeness (QED) is 0.0952. The number of thiazole rings is 2. The third-order valence-electron chi connectivity index (χ3n) is 9.03. The molecule has 4 N–H and O–H groups in total. The first-order valence-corrected chi connectivity index (χ1v) is 19.9. The molecular weight excluding hydrogens is 774 g/mol. The number of anilines is 4. The van der Waals surface area contributed by atoms with E-state index in [1.165, 1.54) is 28.9 Å². The summed E-state index contributed by atoms with van der Waals surface area (Å²) in [5.74, 6) is 1.06. The van der Waals surface area contributed by atoms with Crippen LogP contribution in [0.25, 0.3) is 21.3 Å². The molecule has 3 aromatic heterocycles. The topological polar surface area (TPSA) is 175 Å². The van der Waals surface area contributed by atoms with Gasteiger partial charge in [-0.1, -0.05) is 59.3 Å². The highest BCUT2D eigenvalue weighted by Crippen LogP contribution is 2.33.